The summed E-state index contributed by atoms with van der Waals surface area (Å²) in [7, 11) is 0. The van der Waals surface area contributed by atoms with Crippen molar-refractivity contribution in [2.24, 2.45) is 0 Å². The average molecular weight is 315 g/mol. The van der Waals surface area contributed by atoms with E-state index in [9.17, 15) is 14.7 Å². The van der Waals surface area contributed by atoms with Crippen LogP contribution in [-0.2, 0) is 11.3 Å². The van der Waals surface area contributed by atoms with E-state index >= 15 is 0 Å². The summed E-state index contributed by atoms with van der Waals surface area (Å²) in [5.74, 6) is -0.407. The van der Waals surface area contributed by atoms with Crippen molar-refractivity contribution in [3.05, 3.63) is 53.3 Å². The smallest absolute Gasteiger partial charge is 0.312 e. The maximum absolute atomic E-state index is 12.7. The molecule has 114 valence electrons. The Kier molecular flexibility index (Phi) is 4.07. The van der Waals surface area contributed by atoms with Crippen molar-refractivity contribution in [3.63, 3.8) is 0 Å². The molecule has 22 heavy (non-hydrogen) atoms. The molecule has 0 radical (unpaired) electrons. The Labute approximate surface area is 133 Å². The van der Waals surface area contributed by atoms with Gasteiger partial charge in [-0.1, -0.05) is 19.1 Å². The van der Waals surface area contributed by atoms with Gasteiger partial charge in [0.25, 0.3) is 0 Å². The molecule has 4 nitrogen and oxygen atoms in total. The number of ketones is 1. The highest BCUT2D eigenvalue weighted by Gasteiger charge is 2.31. The first-order valence-electron chi connectivity index (χ1n) is 7.31. The molecule has 2 aromatic rings. The zero-order valence-corrected chi connectivity index (χ0v) is 13.1. The number of carbonyl (C=O) groups is 2. The molecule has 0 fully saturated rings. The lowest BCUT2D eigenvalue weighted by Crippen LogP contribution is -2.10. The van der Waals surface area contributed by atoms with Gasteiger partial charge in [-0.15, -0.1) is 11.8 Å². The number of carbonyl (C=O) groups excluding carboxylic acids is 1. The molecule has 3 rings (SSSR count). The summed E-state index contributed by atoms with van der Waals surface area (Å²) in [5, 5.41) is 9.22. The third-order valence-electron chi connectivity index (χ3n) is 3.95. The molecule has 1 aromatic carbocycles. The second kappa shape index (κ2) is 6.01. The number of carboxylic acid groups (broad SMARTS) is 1. The molecule has 1 aliphatic rings. The minimum atomic E-state index is -0.822. The van der Waals surface area contributed by atoms with Gasteiger partial charge >= 0.3 is 5.97 Å². The van der Waals surface area contributed by atoms with Gasteiger partial charge in [0.1, 0.15) is 0 Å². The SMILES string of the molecule is CCSc1cccc(C(=O)c2ccc3n2CCC3C(=O)O)c1. The van der Waals surface area contributed by atoms with Crippen molar-refractivity contribution in [3.8, 4) is 0 Å². The monoisotopic (exact) mass is 315 g/mol. The maximum atomic E-state index is 12.7. The lowest BCUT2D eigenvalue weighted by molar-refractivity contribution is -0.138. The van der Waals surface area contributed by atoms with Gasteiger partial charge in [-0.3, -0.25) is 9.59 Å². The fourth-order valence-corrected chi connectivity index (χ4v) is 3.65. The van der Waals surface area contributed by atoms with E-state index in [2.05, 4.69) is 6.92 Å². The Bertz CT molecular complexity index is 735. The number of thioether (sulfide) groups is 1. The maximum Gasteiger partial charge on any atom is 0.312 e. The van der Waals surface area contributed by atoms with E-state index in [0.29, 0.717) is 24.2 Å². The molecule has 0 aliphatic carbocycles. The fourth-order valence-electron chi connectivity index (χ4n) is 2.93. The van der Waals surface area contributed by atoms with Crippen LogP contribution in [-0.4, -0.2) is 27.2 Å². The van der Waals surface area contributed by atoms with Crippen molar-refractivity contribution in [2.75, 3.05) is 5.75 Å². The molecule has 0 spiro atoms. The van der Waals surface area contributed by atoms with Crippen LogP contribution in [0.25, 0.3) is 0 Å². The van der Waals surface area contributed by atoms with Crippen LogP contribution in [0.5, 0.6) is 0 Å². The number of carboxylic acids is 1. The van der Waals surface area contributed by atoms with Crippen LogP contribution < -0.4 is 0 Å². The molecule has 0 saturated heterocycles. The summed E-state index contributed by atoms with van der Waals surface area (Å²) in [6.07, 6.45) is 0.553. The molecular weight excluding hydrogens is 298 g/mol. The largest absolute Gasteiger partial charge is 0.481 e. The lowest BCUT2D eigenvalue weighted by Gasteiger charge is -2.07. The number of benzene rings is 1. The molecule has 2 heterocycles. The van der Waals surface area contributed by atoms with Crippen molar-refractivity contribution in [2.45, 2.75) is 30.7 Å². The van der Waals surface area contributed by atoms with Gasteiger partial charge < -0.3 is 9.67 Å². The normalized spacial score (nSPS) is 16.5. The standard InChI is InChI=1S/C17H17NO3S/c1-2-22-12-5-3-4-11(10-12)16(19)15-7-6-14-13(17(20)21)8-9-18(14)15/h3-7,10,13H,2,8-9H2,1H3,(H,20,21). The first-order chi connectivity index (χ1) is 10.6. The van der Waals surface area contributed by atoms with Crippen LogP contribution >= 0.6 is 11.8 Å². The number of aliphatic carboxylic acids is 1. The van der Waals surface area contributed by atoms with Crippen LogP contribution in [0.15, 0.2) is 41.3 Å². The van der Waals surface area contributed by atoms with E-state index in [4.69, 9.17) is 0 Å². The van der Waals surface area contributed by atoms with Crippen LogP contribution in [0.2, 0.25) is 0 Å². The summed E-state index contributed by atoms with van der Waals surface area (Å²) in [5.41, 5.74) is 1.96. The zero-order chi connectivity index (χ0) is 15.7. The van der Waals surface area contributed by atoms with E-state index in [1.807, 2.05) is 28.8 Å². The fraction of sp³-hybridized carbons (Fsp3) is 0.294. The Balaban J connectivity index is 1.93. The highest BCUT2D eigenvalue weighted by Crippen LogP contribution is 2.31. The third kappa shape index (κ3) is 2.57. The molecule has 0 amide bonds. The average Bonchev–Trinajstić information content (AvgIpc) is 3.08. The Morgan fingerprint density at radius 1 is 1.32 bits per heavy atom. The van der Waals surface area contributed by atoms with Gasteiger partial charge in [-0.25, -0.2) is 0 Å². The summed E-state index contributed by atoms with van der Waals surface area (Å²) in [6.45, 7) is 2.66. The number of rotatable bonds is 5. The number of hydrogen-bond donors (Lipinski definition) is 1. The van der Waals surface area contributed by atoms with Gasteiger partial charge in [-0.05, 0) is 36.4 Å². The highest BCUT2D eigenvalue weighted by molar-refractivity contribution is 7.99. The van der Waals surface area contributed by atoms with Crippen LogP contribution in [0.4, 0.5) is 0 Å². The molecule has 0 saturated carbocycles. The zero-order valence-electron chi connectivity index (χ0n) is 12.3. The van der Waals surface area contributed by atoms with Crippen molar-refractivity contribution in [1.29, 1.82) is 0 Å². The topological polar surface area (TPSA) is 59.3 Å². The van der Waals surface area contributed by atoms with Crippen LogP contribution in [0.1, 0.15) is 41.0 Å². The number of nitrogens with zero attached hydrogens (tertiary/aromatic N) is 1. The van der Waals surface area contributed by atoms with Gasteiger partial charge in [0, 0.05) is 22.7 Å². The summed E-state index contributed by atoms with van der Waals surface area (Å²) >= 11 is 1.70. The second-order valence-corrected chi connectivity index (χ2v) is 6.60. The molecule has 1 aromatic heterocycles. The first-order valence-corrected chi connectivity index (χ1v) is 8.30. The number of hydrogen-bond acceptors (Lipinski definition) is 3. The summed E-state index contributed by atoms with van der Waals surface area (Å²) in [6, 6.07) is 11.1. The Morgan fingerprint density at radius 2 is 2.14 bits per heavy atom. The van der Waals surface area contributed by atoms with Crippen LogP contribution in [0, 0.1) is 0 Å². The quantitative estimate of drug-likeness (QED) is 0.678. The summed E-state index contributed by atoms with van der Waals surface area (Å²) in [4.78, 5) is 25.0. The molecule has 1 unspecified atom stereocenters. The van der Waals surface area contributed by atoms with E-state index in [1.165, 1.54) is 0 Å². The van der Waals surface area contributed by atoms with Gasteiger partial charge in [0.05, 0.1) is 11.6 Å². The molecule has 5 heteroatoms. The van der Waals surface area contributed by atoms with Gasteiger partial charge in [0.15, 0.2) is 0 Å². The predicted octanol–water partition coefficient (Wildman–Crippen LogP) is 3.40. The van der Waals surface area contributed by atoms with E-state index in [1.54, 1.807) is 23.9 Å². The van der Waals surface area contributed by atoms with E-state index in [0.717, 1.165) is 16.3 Å². The van der Waals surface area contributed by atoms with Crippen LogP contribution in [0.3, 0.4) is 0 Å². The molecule has 1 atom stereocenters. The number of fused-ring (bicyclic) bond motifs is 1. The number of aromatic nitrogens is 1. The van der Waals surface area contributed by atoms with Crippen molar-refractivity contribution < 1.29 is 14.7 Å². The molecule has 1 aliphatic heterocycles. The Morgan fingerprint density at radius 3 is 2.86 bits per heavy atom. The Hall–Kier alpha value is -2.01. The molecule has 1 N–H and O–H groups in total. The van der Waals surface area contributed by atoms with E-state index < -0.39 is 11.9 Å². The first kappa shape index (κ1) is 14.9. The molecule has 0 bridgehead atoms. The minimum Gasteiger partial charge on any atom is -0.481 e. The minimum absolute atomic E-state index is 0.0455. The highest BCUT2D eigenvalue weighted by atomic mass is 32.2. The van der Waals surface area contributed by atoms with Crippen molar-refractivity contribution >= 4 is 23.5 Å². The van der Waals surface area contributed by atoms with Crippen molar-refractivity contribution in [1.82, 2.24) is 4.57 Å². The van der Waals surface area contributed by atoms with Gasteiger partial charge in [-0.2, -0.15) is 0 Å². The van der Waals surface area contributed by atoms with Gasteiger partial charge in [0.2, 0.25) is 5.78 Å². The summed E-state index contributed by atoms with van der Waals surface area (Å²) < 4.78 is 1.85. The molecular formula is C17H17NO3S. The third-order valence-corrected chi connectivity index (χ3v) is 4.83. The lowest BCUT2D eigenvalue weighted by atomic mass is 10.1. The second-order valence-electron chi connectivity index (χ2n) is 5.26. The van der Waals surface area contributed by atoms with E-state index in [-0.39, 0.29) is 5.78 Å². The predicted molar refractivity (Wildman–Crippen MR) is 85.7 cm³/mol.